The van der Waals surface area contributed by atoms with Gasteiger partial charge in [-0.1, -0.05) is 26.0 Å². The van der Waals surface area contributed by atoms with E-state index in [0.717, 1.165) is 24.8 Å². The van der Waals surface area contributed by atoms with Gasteiger partial charge in [0.15, 0.2) is 0 Å². The van der Waals surface area contributed by atoms with E-state index in [4.69, 9.17) is 0 Å². The maximum absolute atomic E-state index is 9.20. The summed E-state index contributed by atoms with van der Waals surface area (Å²) in [7, 11) is 0. The normalized spacial score (nSPS) is 23.6. The van der Waals surface area contributed by atoms with Gasteiger partial charge in [0.1, 0.15) is 6.07 Å². The maximum Gasteiger partial charge on any atom is 0.100 e. The Labute approximate surface area is 101 Å². The minimum absolute atomic E-state index is 0.0351. The van der Waals surface area contributed by atoms with Crippen LogP contribution in [0, 0.1) is 11.3 Å². The predicted octanol–water partition coefficient (Wildman–Crippen LogP) is 4.18. The number of hydrogen-bond donors (Lipinski definition) is 0. The van der Waals surface area contributed by atoms with Crippen molar-refractivity contribution >= 4 is 11.3 Å². The average Bonchev–Trinajstić information content (AvgIpc) is 2.72. The van der Waals surface area contributed by atoms with Gasteiger partial charge in [-0.2, -0.15) is 5.26 Å². The van der Waals surface area contributed by atoms with Crippen LogP contribution in [0.25, 0.3) is 0 Å². The molecular formula is C14H17NS. The van der Waals surface area contributed by atoms with Gasteiger partial charge in [0.25, 0.3) is 0 Å². The van der Waals surface area contributed by atoms with Crippen molar-refractivity contribution in [3.05, 3.63) is 33.5 Å². The van der Waals surface area contributed by atoms with Gasteiger partial charge in [-0.15, -0.1) is 11.3 Å². The van der Waals surface area contributed by atoms with Gasteiger partial charge < -0.3 is 0 Å². The maximum atomic E-state index is 9.20. The van der Waals surface area contributed by atoms with Crippen molar-refractivity contribution in [2.75, 3.05) is 0 Å². The summed E-state index contributed by atoms with van der Waals surface area (Å²) in [5, 5.41) is 11.2. The molecule has 84 valence electrons. The highest BCUT2D eigenvalue weighted by atomic mass is 32.1. The first-order valence-electron chi connectivity index (χ1n) is 5.82. The molecule has 2 heteroatoms. The number of nitrogens with zero attached hydrogens (tertiary/aromatic N) is 1. The van der Waals surface area contributed by atoms with Crippen LogP contribution < -0.4 is 0 Å². The zero-order chi connectivity index (χ0) is 11.8. The van der Waals surface area contributed by atoms with Crippen molar-refractivity contribution in [2.45, 2.75) is 44.9 Å². The van der Waals surface area contributed by atoms with Crippen LogP contribution in [0.4, 0.5) is 0 Å². The van der Waals surface area contributed by atoms with E-state index in [1.54, 1.807) is 11.3 Å². The van der Waals surface area contributed by atoms with Crippen molar-refractivity contribution in [1.82, 2.24) is 0 Å². The lowest BCUT2D eigenvalue weighted by Gasteiger charge is -2.36. The fourth-order valence-corrected chi connectivity index (χ4v) is 3.89. The van der Waals surface area contributed by atoms with E-state index in [0.29, 0.717) is 0 Å². The molecule has 0 radical (unpaired) electrons. The van der Waals surface area contributed by atoms with Crippen molar-refractivity contribution in [1.29, 1.82) is 5.26 Å². The molecule has 0 fully saturated rings. The molecule has 1 atom stereocenters. The van der Waals surface area contributed by atoms with Crippen molar-refractivity contribution < 1.29 is 0 Å². The number of thiophene rings is 1. The Balaban J connectivity index is 2.58. The van der Waals surface area contributed by atoms with E-state index in [1.807, 2.05) is 5.38 Å². The number of fused-ring (bicyclic) bond motifs is 1. The first kappa shape index (κ1) is 11.4. The lowest BCUT2D eigenvalue weighted by molar-refractivity contribution is 0.451. The Hall–Kier alpha value is -1.07. The molecule has 0 amide bonds. The average molecular weight is 231 g/mol. The molecule has 0 aliphatic heterocycles. The minimum atomic E-state index is 0.0351. The number of allylic oxidation sites excluding steroid dienone is 1. The summed E-state index contributed by atoms with van der Waals surface area (Å²) in [5.74, 6) is 0. The fraction of sp³-hybridized carbons (Fsp3) is 0.500. The molecule has 0 aromatic carbocycles. The summed E-state index contributed by atoms with van der Waals surface area (Å²) in [6, 6.07) is 2.34. The quantitative estimate of drug-likeness (QED) is 0.700. The lowest BCUT2D eigenvalue weighted by atomic mass is 9.68. The van der Waals surface area contributed by atoms with E-state index in [2.05, 4.69) is 26.5 Å². The molecule has 1 aliphatic rings. The highest BCUT2D eigenvalue weighted by molar-refractivity contribution is 7.10. The minimum Gasteiger partial charge on any atom is -0.192 e. The molecule has 0 spiro atoms. The molecule has 0 bridgehead atoms. The van der Waals surface area contributed by atoms with Crippen LogP contribution >= 0.6 is 11.3 Å². The topological polar surface area (TPSA) is 23.8 Å². The first-order chi connectivity index (χ1) is 7.63. The van der Waals surface area contributed by atoms with E-state index >= 15 is 0 Å². The van der Waals surface area contributed by atoms with Crippen LogP contribution in [0.5, 0.6) is 0 Å². The van der Waals surface area contributed by atoms with E-state index < -0.39 is 0 Å². The van der Waals surface area contributed by atoms with Gasteiger partial charge in [-0.3, -0.25) is 0 Å². The molecule has 0 N–H and O–H groups in total. The molecule has 0 saturated heterocycles. The summed E-state index contributed by atoms with van der Waals surface area (Å²) in [6.45, 7) is 8.63. The molecule has 1 nitrogen and oxygen atoms in total. The summed E-state index contributed by atoms with van der Waals surface area (Å²) in [5.41, 5.74) is 3.45. The Morgan fingerprint density at radius 1 is 1.69 bits per heavy atom. The molecule has 0 unspecified atom stereocenters. The Morgan fingerprint density at radius 2 is 2.44 bits per heavy atom. The lowest BCUT2D eigenvalue weighted by Crippen LogP contribution is -2.29. The zero-order valence-electron chi connectivity index (χ0n) is 9.97. The smallest absolute Gasteiger partial charge is 0.100 e. The van der Waals surface area contributed by atoms with Crippen LogP contribution in [-0.4, -0.2) is 0 Å². The van der Waals surface area contributed by atoms with Gasteiger partial charge in [-0.25, -0.2) is 0 Å². The largest absolute Gasteiger partial charge is 0.192 e. The van der Waals surface area contributed by atoms with Crippen LogP contribution in [0.15, 0.2) is 17.5 Å². The molecule has 2 rings (SSSR count). The van der Waals surface area contributed by atoms with Crippen LogP contribution in [0.3, 0.4) is 0 Å². The van der Waals surface area contributed by atoms with Crippen molar-refractivity contribution in [3.63, 3.8) is 0 Å². The molecule has 16 heavy (non-hydrogen) atoms. The summed E-state index contributed by atoms with van der Waals surface area (Å²) < 4.78 is 0. The monoisotopic (exact) mass is 231 g/mol. The van der Waals surface area contributed by atoms with Crippen LogP contribution in [-0.2, 0) is 11.8 Å². The van der Waals surface area contributed by atoms with Crippen molar-refractivity contribution in [2.24, 2.45) is 0 Å². The third kappa shape index (κ3) is 1.51. The van der Waals surface area contributed by atoms with Gasteiger partial charge in [0.2, 0.25) is 0 Å². The molecule has 1 heterocycles. The van der Waals surface area contributed by atoms with E-state index in [-0.39, 0.29) is 5.41 Å². The molecule has 0 saturated carbocycles. The van der Waals surface area contributed by atoms with Gasteiger partial charge in [0, 0.05) is 15.7 Å². The Morgan fingerprint density at radius 3 is 3.06 bits per heavy atom. The third-order valence-electron chi connectivity index (χ3n) is 3.83. The number of rotatable bonds is 2. The second-order valence-corrected chi connectivity index (χ2v) is 5.67. The predicted molar refractivity (Wildman–Crippen MR) is 68.8 cm³/mol. The summed E-state index contributed by atoms with van der Waals surface area (Å²) >= 11 is 1.74. The van der Waals surface area contributed by atoms with Gasteiger partial charge in [-0.05, 0) is 31.2 Å². The standard InChI is InChI=1S/C14H17NS/c1-4-10(2)14(3)7-5-6-12-13(14)11(8-15)9-16-12/h9H,2,4-7H2,1,3H3/t14-/m1/s1. The van der Waals surface area contributed by atoms with Crippen LogP contribution in [0.1, 0.15) is 49.1 Å². The number of aryl methyl sites for hydroxylation is 1. The second-order valence-electron chi connectivity index (χ2n) is 4.70. The Bertz CT molecular complexity index is 464. The van der Waals surface area contributed by atoms with Gasteiger partial charge >= 0.3 is 0 Å². The molecule has 1 aromatic heterocycles. The molecule has 1 aromatic rings. The SMILES string of the molecule is C=C(CC)[C@@]1(C)CCCc2scc(C#N)c21. The van der Waals surface area contributed by atoms with Crippen molar-refractivity contribution in [3.8, 4) is 6.07 Å². The second kappa shape index (κ2) is 4.07. The van der Waals surface area contributed by atoms with E-state index in [9.17, 15) is 5.26 Å². The van der Waals surface area contributed by atoms with Crippen LogP contribution in [0.2, 0.25) is 0 Å². The molecular weight excluding hydrogens is 214 g/mol. The highest BCUT2D eigenvalue weighted by Crippen LogP contribution is 2.46. The third-order valence-corrected chi connectivity index (χ3v) is 4.87. The van der Waals surface area contributed by atoms with E-state index in [1.165, 1.54) is 22.4 Å². The Kier molecular flexibility index (Phi) is 2.90. The first-order valence-corrected chi connectivity index (χ1v) is 6.70. The highest BCUT2D eigenvalue weighted by Gasteiger charge is 2.36. The summed E-state index contributed by atoms with van der Waals surface area (Å²) in [4.78, 5) is 1.40. The number of nitriles is 1. The number of hydrogen-bond acceptors (Lipinski definition) is 2. The summed E-state index contributed by atoms with van der Waals surface area (Å²) in [6.07, 6.45) is 4.48. The van der Waals surface area contributed by atoms with Gasteiger partial charge in [0.05, 0.1) is 5.56 Å². The molecule has 1 aliphatic carbocycles. The fourth-order valence-electron chi connectivity index (χ4n) is 2.74. The zero-order valence-corrected chi connectivity index (χ0v) is 10.8.